The quantitative estimate of drug-likeness (QED) is 0.0262. The molecule has 0 N–H and O–H groups in total. The van der Waals surface area contributed by atoms with E-state index in [1.54, 1.807) is 21.1 Å². The van der Waals surface area contributed by atoms with Crippen molar-refractivity contribution in [3.05, 3.63) is 0 Å². The number of phosphoric ester groups is 1. The molecule has 76 heavy (non-hydrogen) atoms. The van der Waals surface area contributed by atoms with Crippen molar-refractivity contribution in [2.75, 3.05) is 60.7 Å². The van der Waals surface area contributed by atoms with E-state index < -0.39 is 118 Å². The number of quaternary nitrogens is 1. The van der Waals surface area contributed by atoms with Gasteiger partial charge in [-0.1, -0.05) is 89.9 Å². The Morgan fingerprint density at radius 1 is 0.368 bits per heavy atom. The summed E-state index contributed by atoms with van der Waals surface area (Å²) in [5, 5.41) is 0. The number of unbranched alkanes of at least 4 members (excludes halogenated alkanes) is 16. The second-order valence-corrected chi connectivity index (χ2v) is 20.4. The molecule has 0 fully saturated rings. The average Bonchev–Trinajstić information content (AvgIpc) is 3.25. The number of likely N-dealkylation sites (N-methyl/N-ethyl adjacent to an activating group) is 1. The van der Waals surface area contributed by atoms with E-state index in [-0.39, 0.29) is 65.0 Å². The van der Waals surface area contributed by atoms with Gasteiger partial charge in [-0.05, 0) is 25.7 Å². The first-order valence-corrected chi connectivity index (χ1v) is 25.0. The van der Waals surface area contributed by atoms with Gasteiger partial charge in [0.05, 0.1) is 34.4 Å². The predicted molar refractivity (Wildman–Crippen MR) is 217 cm³/mol. The highest BCUT2D eigenvalue weighted by atomic mass is 31.2. The summed E-state index contributed by atoms with van der Waals surface area (Å²) in [4.78, 5) is 12.3. The van der Waals surface area contributed by atoms with Crippen LogP contribution in [0.15, 0.2) is 0 Å². The monoisotopic (exact) mass is 1200 g/mol. The maximum atomic E-state index is 14.0. The largest absolute Gasteiger partial charge is 0.756 e. The van der Waals surface area contributed by atoms with E-state index in [1.807, 2.05) is 0 Å². The summed E-state index contributed by atoms with van der Waals surface area (Å²) in [6, 6.07) is 0. The number of hydrogen-bond acceptors (Lipinski definition) is 6. The SMILES string of the molecule is C[N+](C)(C)CCOP(=O)([O-])OC[C@@H](COCCCCCCCCCCCC(F)(F)C(F)(F)C(F)(F)C(F)(F)C(F)(F)C(F)(F)F)OCCCCCCCCCCCC(F)(F)C(F)(F)C(F)(F)C(F)(F)C(F)(F)C(F)(F)F. The molecule has 0 aliphatic rings. The zero-order valence-corrected chi connectivity index (χ0v) is 42.0. The van der Waals surface area contributed by atoms with Gasteiger partial charge in [0.2, 0.25) is 0 Å². The van der Waals surface area contributed by atoms with Gasteiger partial charge in [-0.25, -0.2) is 0 Å². The van der Waals surface area contributed by atoms with Crippen LogP contribution in [-0.4, -0.2) is 143 Å². The number of ether oxygens (including phenoxy) is 2. The Bertz CT molecular complexity index is 1710. The van der Waals surface area contributed by atoms with Gasteiger partial charge in [0, 0.05) is 26.1 Å². The topological polar surface area (TPSA) is 77.1 Å². The average molecular weight is 1200 g/mol. The fourth-order valence-corrected chi connectivity index (χ4v) is 7.37. The number of nitrogens with zero attached hydrogens (tertiary/aromatic N) is 1. The lowest BCUT2D eigenvalue weighted by Crippen LogP contribution is -2.70. The molecule has 458 valence electrons. The van der Waals surface area contributed by atoms with Gasteiger partial charge in [-0.3, -0.25) is 4.57 Å². The predicted octanol–water partition coefficient (Wildman–Crippen LogP) is 15.9. The van der Waals surface area contributed by atoms with Gasteiger partial charge in [0.1, 0.15) is 19.3 Å². The highest BCUT2D eigenvalue weighted by Crippen LogP contribution is 2.62. The van der Waals surface area contributed by atoms with Crippen LogP contribution in [0.2, 0.25) is 0 Å². The molecule has 7 nitrogen and oxygen atoms in total. The highest BCUT2D eigenvalue weighted by Gasteiger charge is 2.92. The highest BCUT2D eigenvalue weighted by molar-refractivity contribution is 7.45. The van der Waals surface area contributed by atoms with Crippen LogP contribution in [0, 0.1) is 0 Å². The zero-order valence-electron chi connectivity index (χ0n) is 41.1. The van der Waals surface area contributed by atoms with Crippen LogP contribution in [0.25, 0.3) is 0 Å². The molecule has 0 saturated heterocycles. The molecule has 0 saturated carbocycles. The van der Waals surface area contributed by atoms with Crippen LogP contribution in [0.4, 0.5) is 114 Å². The molecule has 34 heteroatoms. The minimum absolute atomic E-state index is 0.0233. The van der Waals surface area contributed by atoms with E-state index in [2.05, 4.69) is 0 Å². The normalized spacial score (nSPS) is 16.1. The first-order valence-electron chi connectivity index (χ1n) is 23.5. The van der Waals surface area contributed by atoms with Crippen LogP contribution in [0.1, 0.15) is 128 Å². The minimum Gasteiger partial charge on any atom is -0.756 e. The minimum atomic E-state index is -7.95. The summed E-state index contributed by atoms with van der Waals surface area (Å²) in [5.41, 5.74) is 0. The number of phosphoric acid groups is 1. The molecule has 0 aromatic heterocycles. The maximum absolute atomic E-state index is 14.0. The van der Waals surface area contributed by atoms with Crippen LogP contribution in [0.5, 0.6) is 0 Å². The lowest BCUT2D eigenvalue weighted by Gasteiger charge is -2.39. The van der Waals surface area contributed by atoms with Crippen molar-refractivity contribution in [2.45, 2.75) is 206 Å². The molecule has 0 aromatic rings. The van der Waals surface area contributed by atoms with E-state index in [4.69, 9.17) is 18.5 Å². The first-order chi connectivity index (χ1) is 34.0. The second-order valence-electron chi connectivity index (χ2n) is 19.0. The molecule has 1 unspecified atom stereocenters. The van der Waals surface area contributed by atoms with E-state index in [0.717, 1.165) is 0 Å². The smallest absolute Gasteiger partial charge is 0.460 e. The Kier molecular flexibility index (Phi) is 28.0. The van der Waals surface area contributed by atoms with Crippen molar-refractivity contribution < 1.29 is 147 Å². The summed E-state index contributed by atoms with van der Waals surface area (Å²) >= 11 is 0. The second kappa shape index (κ2) is 28.7. The van der Waals surface area contributed by atoms with Crippen molar-refractivity contribution in [1.29, 1.82) is 0 Å². The number of alkyl halides is 26. The first kappa shape index (κ1) is 74.2. The molecular formula is C42H62F26NO6P. The Hall–Kier alpha value is -1.83. The molecule has 0 aromatic carbocycles. The molecular weight excluding hydrogens is 1140 g/mol. The van der Waals surface area contributed by atoms with E-state index >= 15 is 0 Å². The molecule has 0 rings (SSSR count). The van der Waals surface area contributed by atoms with Gasteiger partial charge in [-0.2, -0.15) is 114 Å². The van der Waals surface area contributed by atoms with Gasteiger partial charge in [0.25, 0.3) is 7.82 Å². The van der Waals surface area contributed by atoms with Crippen LogP contribution >= 0.6 is 7.82 Å². The Morgan fingerprint density at radius 3 is 0.974 bits per heavy atom. The lowest BCUT2D eigenvalue weighted by atomic mass is 9.91. The summed E-state index contributed by atoms with van der Waals surface area (Å²) < 4.78 is 379. The fourth-order valence-electron chi connectivity index (χ4n) is 6.64. The molecule has 0 amide bonds. The van der Waals surface area contributed by atoms with E-state index in [1.165, 1.54) is 0 Å². The standard InChI is InChI=1S/C42H62F26NO6P/c1-69(2,3)24-27-74-76(70,71)75-29-30(73-26-21-17-13-9-5-7-11-15-19-23-32(45,46)34(49,50)36(53,54)38(57,58)40(61,62)42(66,67)68)28-72-25-20-16-12-8-4-6-10-14-18-22-31(43,44)33(47,48)35(51,52)37(55,56)39(59,60)41(63,64)65/h30H,4-29H2,1-3H3/t30-/m1/s1. The van der Waals surface area contributed by atoms with Gasteiger partial charge in [0.15, 0.2) is 0 Å². The van der Waals surface area contributed by atoms with E-state index in [0.29, 0.717) is 75.2 Å². The molecule has 0 bridgehead atoms. The van der Waals surface area contributed by atoms with Gasteiger partial charge < -0.3 is 27.9 Å². The van der Waals surface area contributed by atoms with Crippen LogP contribution in [-0.2, 0) is 23.1 Å². The number of halogens is 26. The Labute approximate surface area is 421 Å². The van der Waals surface area contributed by atoms with Crippen LogP contribution in [0.3, 0.4) is 0 Å². The molecule has 0 heterocycles. The molecule has 0 aliphatic carbocycles. The summed E-state index contributed by atoms with van der Waals surface area (Å²) in [7, 11) is 0.522. The maximum Gasteiger partial charge on any atom is 0.460 e. The third-order valence-corrected chi connectivity index (χ3v) is 12.5. The third-order valence-electron chi connectivity index (χ3n) is 11.5. The zero-order chi connectivity index (χ0) is 59.8. The molecule has 2 atom stereocenters. The van der Waals surface area contributed by atoms with Gasteiger partial charge >= 0.3 is 71.6 Å². The van der Waals surface area contributed by atoms with Crippen molar-refractivity contribution in [3.63, 3.8) is 0 Å². The van der Waals surface area contributed by atoms with E-state index in [9.17, 15) is 124 Å². The van der Waals surface area contributed by atoms with Gasteiger partial charge in [-0.15, -0.1) is 0 Å². The molecule has 0 radical (unpaired) electrons. The number of hydrogen-bond donors (Lipinski definition) is 0. The Morgan fingerprint density at radius 2 is 0.658 bits per heavy atom. The lowest BCUT2D eigenvalue weighted by molar-refractivity contribution is -0.870. The van der Waals surface area contributed by atoms with Crippen molar-refractivity contribution in [3.8, 4) is 0 Å². The third kappa shape index (κ3) is 20.0. The van der Waals surface area contributed by atoms with Crippen LogP contribution < -0.4 is 4.89 Å². The molecule has 0 spiro atoms. The van der Waals surface area contributed by atoms with Crippen molar-refractivity contribution >= 4 is 7.82 Å². The number of rotatable bonds is 42. The summed E-state index contributed by atoms with van der Waals surface area (Å²) in [5.74, 6) is -74.0. The summed E-state index contributed by atoms with van der Waals surface area (Å²) in [6.07, 6.45) is -17.7. The Balaban J connectivity index is 4.81. The van der Waals surface area contributed by atoms with Crippen molar-refractivity contribution in [1.82, 2.24) is 0 Å². The van der Waals surface area contributed by atoms with Crippen molar-refractivity contribution in [2.24, 2.45) is 0 Å². The molecule has 0 aliphatic heterocycles. The summed E-state index contributed by atoms with van der Waals surface area (Å²) in [6.45, 7) is -0.433. The fraction of sp³-hybridized carbons (Fsp3) is 1.00.